The van der Waals surface area contributed by atoms with E-state index in [1.807, 2.05) is 4.90 Å². The highest BCUT2D eigenvalue weighted by atomic mass is 127. The molecular formula is C11H12F3IN2O3. The summed E-state index contributed by atoms with van der Waals surface area (Å²) < 4.78 is 39.7. The minimum Gasteiger partial charge on any atom is -0.484 e. The lowest BCUT2D eigenvalue weighted by molar-refractivity contribution is -0.168. The Morgan fingerprint density at radius 3 is 2.65 bits per heavy atom. The normalized spacial score (nSPS) is 26.1. The van der Waals surface area contributed by atoms with Gasteiger partial charge in [-0.2, -0.15) is 13.2 Å². The van der Waals surface area contributed by atoms with Crippen LogP contribution in [0.5, 0.6) is 0 Å². The molecule has 1 atom stereocenters. The van der Waals surface area contributed by atoms with Crippen molar-refractivity contribution in [2.24, 2.45) is 0 Å². The van der Waals surface area contributed by atoms with Gasteiger partial charge in [0.2, 0.25) is 3.55 Å². The van der Waals surface area contributed by atoms with Crippen LogP contribution in [0.15, 0.2) is 23.7 Å². The predicted octanol–water partition coefficient (Wildman–Crippen LogP) is 1.82. The Labute approximate surface area is 126 Å². The third kappa shape index (κ3) is 3.13. The van der Waals surface area contributed by atoms with Crippen molar-refractivity contribution in [2.45, 2.75) is 16.1 Å². The largest absolute Gasteiger partial charge is 0.484 e. The smallest absolute Gasteiger partial charge is 0.422 e. The molecule has 0 aromatic rings. The Morgan fingerprint density at radius 1 is 1.55 bits per heavy atom. The van der Waals surface area contributed by atoms with Crippen LogP contribution in [0.1, 0.15) is 6.42 Å². The van der Waals surface area contributed by atoms with E-state index in [1.54, 1.807) is 0 Å². The Kier molecular flexibility index (Phi) is 4.07. The lowest BCUT2D eigenvalue weighted by atomic mass is 10.1. The summed E-state index contributed by atoms with van der Waals surface area (Å²) in [6, 6.07) is 0. The van der Waals surface area contributed by atoms with Crippen molar-refractivity contribution < 1.29 is 27.8 Å². The molecule has 2 rings (SSSR count). The molecule has 0 aromatic carbocycles. The highest BCUT2D eigenvalue weighted by molar-refractivity contribution is 14.1. The van der Waals surface area contributed by atoms with Crippen molar-refractivity contribution in [2.75, 3.05) is 19.7 Å². The number of carboxylic acids is 1. The fraction of sp³-hybridized carbons (Fsp3) is 0.545. The van der Waals surface area contributed by atoms with Crippen molar-refractivity contribution >= 4 is 28.6 Å². The zero-order valence-corrected chi connectivity index (χ0v) is 12.4. The van der Waals surface area contributed by atoms with Crippen LogP contribution >= 0.6 is 22.6 Å². The van der Waals surface area contributed by atoms with Crippen molar-refractivity contribution in [1.82, 2.24) is 10.2 Å². The standard InChI is InChI=1S/C11H12F3IN2O3/c12-10(13,14)6-20-8-4-7(17-2-1-3-17)5-16-11(8,15)9(18)19/h4-5,16H,1-3,6H2,(H,18,19). The molecule has 1 saturated heterocycles. The molecule has 1 unspecified atom stereocenters. The minimum absolute atomic E-state index is 0.257. The first kappa shape index (κ1) is 15.3. The van der Waals surface area contributed by atoms with Gasteiger partial charge in [-0.05, 0) is 29.0 Å². The second kappa shape index (κ2) is 5.34. The summed E-state index contributed by atoms with van der Waals surface area (Å²) in [7, 11) is 0. The second-order valence-electron chi connectivity index (χ2n) is 4.43. The molecule has 2 aliphatic rings. The molecule has 0 bridgehead atoms. The minimum atomic E-state index is -4.52. The number of hydrogen-bond donors (Lipinski definition) is 2. The van der Waals surface area contributed by atoms with Gasteiger partial charge in [-0.3, -0.25) is 0 Å². The molecule has 1 fully saturated rings. The topological polar surface area (TPSA) is 61.8 Å². The van der Waals surface area contributed by atoms with Crippen molar-refractivity contribution in [3.8, 4) is 0 Å². The summed E-state index contributed by atoms with van der Waals surface area (Å²) in [5.74, 6) is -1.57. The van der Waals surface area contributed by atoms with Gasteiger partial charge in [0.25, 0.3) is 0 Å². The number of rotatable bonds is 4. The predicted molar refractivity (Wildman–Crippen MR) is 71.9 cm³/mol. The van der Waals surface area contributed by atoms with Gasteiger partial charge in [-0.1, -0.05) is 0 Å². The molecule has 112 valence electrons. The first-order chi connectivity index (χ1) is 9.22. The third-order valence-electron chi connectivity index (χ3n) is 2.94. The number of ether oxygens (including phenoxy) is 1. The fourth-order valence-corrected chi connectivity index (χ4v) is 2.21. The summed E-state index contributed by atoms with van der Waals surface area (Å²) in [4.78, 5) is 13.2. The highest BCUT2D eigenvalue weighted by Crippen LogP contribution is 2.34. The van der Waals surface area contributed by atoms with Gasteiger partial charge in [0, 0.05) is 25.4 Å². The molecule has 0 amide bonds. The van der Waals surface area contributed by atoms with Gasteiger partial charge in [0.1, 0.15) is 5.76 Å². The molecule has 20 heavy (non-hydrogen) atoms. The number of carbonyl (C=O) groups is 1. The number of halogens is 4. The Morgan fingerprint density at radius 2 is 2.20 bits per heavy atom. The number of carboxylic acid groups (broad SMARTS) is 1. The second-order valence-corrected chi connectivity index (χ2v) is 6.05. The highest BCUT2D eigenvalue weighted by Gasteiger charge is 2.45. The maximum absolute atomic E-state index is 12.2. The lowest BCUT2D eigenvalue weighted by Gasteiger charge is -2.38. The first-order valence-corrected chi connectivity index (χ1v) is 6.87. The molecule has 0 aromatic heterocycles. The van der Waals surface area contributed by atoms with E-state index in [2.05, 4.69) is 5.32 Å². The fourth-order valence-electron chi connectivity index (χ4n) is 1.74. The van der Waals surface area contributed by atoms with Gasteiger partial charge in [-0.25, -0.2) is 4.79 Å². The summed E-state index contributed by atoms with van der Waals surface area (Å²) >= 11 is 1.52. The number of allylic oxidation sites excluding steroid dienone is 1. The van der Waals surface area contributed by atoms with Gasteiger partial charge in [0.05, 0.1) is 5.70 Å². The van der Waals surface area contributed by atoms with Gasteiger partial charge in [-0.15, -0.1) is 0 Å². The molecule has 0 radical (unpaired) electrons. The molecule has 0 aliphatic carbocycles. The molecule has 5 nitrogen and oxygen atoms in total. The van der Waals surface area contributed by atoms with Crippen molar-refractivity contribution in [1.29, 1.82) is 0 Å². The molecule has 0 saturated carbocycles. The van der Waals surface area contributed by atoms with Crippen molar-refractivity contribution in [3.05, 3.63) is 23.7 Å². The lowest BCUT2D eigenvalue weighted by Crippen LogP contribution is -2.50. The number of nitrogens with one attached hydrogen (secondary N) is 1. The Balaban J connectivity index is 2.19. The van der Waals surface area contributed by atoms with E-state index in [0.717, 1.165) is 19.5 Å². The third-order valence-corrected chi connectivity index (χ3v) is 4.25. The number of alkyl halides is 4. The van der Waals surface area contributed by atoms with E-state index in [9.17, 15) is 23.1 Å². The van der Waals surface area contributed by atoms with Crippen LogP contribution in [-0.2, 0) is 9.53 Å². The van der Waals surface area contributed by atoms with Crippen LogP contribution in [0.3, 0.4) is 0 Å². The molecule has 2 heterocycles. The number of aliphatic carboxylic acids is 1. The zero-order valence-electron chi connectivity index (χ0n) is 10.2. The molecule has 9 heteroatoms. The number of dihydropyridines is 1. The number of hydrogen-bond acceptors (Lipinski definition) is 4. The Hall–Kier alpha value is -1.13. The van der Waals surface area contributed by atoms with E-state index in [1.165, 1.54) is 34.9 Å². The molecule has 2 aliphatic heterocycles. The molecular weight excluding hydrogens is 392 g/mol. The van der Waals surface area contributed by atoms with Crippen LogP contribution in [0.25, 0.3) is 0 Å². The van der Waals surface area contributed by atoms with Crippen LogP contribution in [0, 0.1) is 0 Å². The maximum Gasteiger partial charge on any atom is 0.422 e. The quantitative estimate of drug-likeness (QED) is 0.426. The van der Waals surface area contributed by atoms with Crippen LogP contribution in [0.2, 0.25) is 0 Å². The van der Waals surface area contributed by atoms with Crippen molar-refractivity contribution in [3.63, 3.8) is 0 Å². The van der Waals surface area contributed by atoms with E-state index in [0.29, 0.717) is 5.70 Å². The zero-order chi connectivity index (χ0) is 15.0. The van der Waals surface area contributed by atoms with Crippen LogP contribution in [-0.4, -0.2) is 45.4 Å². The van der Waals surface area contributed by atoms with E-state index in [-0.39, 0.29) is 5.76 Å². The van der Waals surface area contributed by atoms with Crippen LogP contribution < -0.4 is 5.32 Å². The summed E-state index contributed by atoms with van der Waals surface area (Å²) in [6.07, 6.45) is -0.685. The van der Waals surface area contributed by atoms with Crippen LogP contribution in [0.4, 0.5) is 13.2 Å². The number of nitrogens with zero attached hydrogens (tertiary/aromatic N) is 1. The summed E-state index contributed by atoms with van der Waals surface area (Å²) in [5, 5.41) is 11.8. The molecule has 0 spiro atoms. The SMILES string of the molecule is O=C(O)C1(I)NC=C(N2CCC2)C=C1OCC(F)(F)F. The summed E-state index contributed by atoms with van der Waals surface area (Å²) in [6.45, 7) is 0.0571. The average molecular weight is 404 g/mol. The Bertz CT molecular complexity index is 474. The van der Waals surface area contributed by atoms with Gasteiger partial charge >= 0.3 is 12.1 Å². The summed E-state index contributed by atoms with van der Waals surface area (Å²) in [5.41, 5.74) is 0.627. The van der Waals surface area contributed by atoms with Gasteiger partial charge in [0.15, 0.2) is 6.61 Å². The van der Waals surface area contributed by atoms with E-state index < -0.39 is 22.3 Å². The monoisotopic (exact) mass is 404 g/mol. The average Bonchev–Trinajstić information content (AvgIpc) is 2.26. The van der Waals surface area contributed by atoms with E-state index in [4.69, 9.17) is 4.74 Å². The first-order valence-electron chi connectivity index (χ1n) is 5.79. The number of likely N-dealkylation sites (tertiary alicyclic amines) is 1. The van der Waals surface area contributed by atoms with E-state index >= 15 is 0 Å². The molecule has 2 N–H and O–H groups in total. The maximum atomic E-state index is 12.2. The van der Waals surface area contributed by atoms with Gasteiger partial charge < -0.3 is 20.1 Å².